The minimum absolute atomic E-state index is 1.83. The maximum absolute atomic E-state index is 11.2. The fourth-order valence-electron chi connectivity index (χ4n) is 0.140. The van der Waals surface area contributed by atoms with Gasteiger partial charge in [0.05, 0.1) is 0 Å². The zero-order chi connectivity index (χ0) is 17.1. The van der Waals surface area contributed by atoms with Crippen LogP contribution in [-0.2, 0) is 4.74 Å². The Morgan fingerprint density at radius 2 is 0.900 bits per heavy atom. The second kappa shape index (κ2) is 11.0. The van der Waals surface area contributed by atoms with Crippen LogP contribution in [0, 0.1) is 0 Å². The van der Waals surface area contributed by atoms with E-state index in [0.29, 0.717) is 0 Å². The third-order valence-electron chi connectivity index (χ3n) is 0.497. The smallest absolute Gasteiger partial charge is 0.374 e. The highest BCUT2D eigenvalue weighted by Gasteiger charge is 2.34. The van der Waals surface area contributed by atoms with E-state index in [2.05, 4.69) is 11.3 Å². The van der Waals surface area contributed by atoms with Crippen molar-refractivity contribution >= 4 is 0 Å². The SMILES string of the molecule is C=C(F)F.FC(F)=C(F)F.FC(F)=C(F)OC(F)(F)F. The van der Waals surface area contributed by atoms with Crippen molar-refractivity contribution in [2.24, 2.45) is 0 Å². The fourth-order valence-corrected chi connectivity index (χ4v) is 0.140. The molecule has 13 heteroatoms. The van der Waals surface area contributed by atoms with Crippen LogP contribution in [0.2, 0.25) is 0 Å². The largest absolute Gasteiger partial charge is 0.574 e. The Labute approximate surface area is 102 Å². The predicted molar refractivity (Wildman–Crippen MR) is 40.3 cm³/mol. The van der Waals surface area contributed by atoms with Crippen molar-refractivity contribution in [2.45, 2.75) is 6.36 Å². The van der Waals surface area contributed by atoms with Gasteiger partial charge in [0.15, 0.2) is 0 Å². The normalized spacial score (nSPS) is 9.20. The van der Waals surface area contributed by atoms with E-state index in [-0.39, 0.29) is 0 Å². The highest BCUT2D eigenvalue weighted by Crippen LogP contribution is 2.23. The van der Waals surface area contributed by atoms with Gasteiger partial charge in [-0.1, -0.05) is 0 Å². The second-order valence-corrected chi connectivity index (χ2v) is 1.94. The fraction of sp³-hybridized carbons (Fsp3) is 0.143. The Bertz CT molecular complexity index is 327. The van der Waals surface area contributed by atoms with E-state index in [1.807, 2.05) is 0 Å². The summed E-state index contributed by atoms with van der Waals surface area (Å²) >= 11 is 0. The maximum Gasteiger partial charge on any atom is 0.574 e. The van der Waals surface area contributed by atoms with Crippen molar-refractivity contribution in [1.29, 1.82) is 0 Å². The van der Waals surface area contributed by atoms with Gasteiger partial charge >= 0.3 is 30.6 Å². The van der Waals surface area contributed by atoms with Crippen LogP contribution >= 0.6 is 0 Å². The molecule has 0 aromatic heterocycles. The Kier molecular flexibility index (Phi) is 12.9. The Morgan fingerprint density at radius 3 is 0.950 bits per heavy atom. The maximum atomic E-state index is 11.2. The molecule has 0 heterocycles. The van der Waals surface area contributed by atoms with Crippen molar-refractivity contribution in [1.82, 2.24) is 0 Å². The lowest BCUT2D eigenvalue weighted by Gasteiger charge is -2.03. The lowest BCUT2D eigenvalue weighted by molar-refractivity contribution is -0.315. The third kappa shape index (κ3) is 29.8. The van der Waals surface area contributed by atoms with Crippen LogP contribution in [0.1, 0.15) is 0 Å². The minimum Gasteiger partial charge on any atom is -0.374 e. The molecule has 0 spiro atoms. The Balaban J connectivity index is -0.000000246. The number of ether oxygens (including phenoxy) is 1. The van der Waals surface area contributed by atoms with Gasteiger partial charge in [0, 0.05) is 0 Å². The van der Waals surface area contributed by atoms with E-state index >= 15 is 0 Å². The minimum atomic E-state index is -5.41. The molecule has 0 saturated heterocycles. The van der Waals surface area contributed by atoms with Crippen molar-refractivity contribution in [2.75, 3.05) is 0 Å². The molecule has 0 fully saturated rings. The van der Waals surface area contributed by atoms with E-state index in [4.69, 9.17) is 0 Å². The number of hydrogen-bond acceptors (Lipinski definition) is 1. The van der Waals surface area contributed by atoms with Crippen molar-refractivity contribution in [3.8, 4) is 0 Å². The van der Waals surface area contributed by atoms with Gasteiger partial charge in [-0.15, -0.1) is 13.2 Å². The molecule has 0 aliphatic heterocycles. The monoisotopic (exact) mass is 330 g/mol. The third-order valence-corrected chi connectivity index (χ3v) is 0.497. The lowest BCUT2D eigenvalue weighted by atomic mass is 11.0. The van der Waals surface area contributed by atoms with E-state index in [1.54, 1.807) is 0 Å². The summed E-state index contributed by atoms with van der Waals surface area (Å²) in [5.41, 5.74) is 0. The summed E-state index contributed by atoms with van der Waals surface area (Å²) in [7, 11) is 0. The second-order valence-electron chi connectivity index (χ2n) is 1.94. The molecule has 0 N–H and O–H groups in total. The topological polar surface area (TPSA) is 9.23 Å². The van der Waals surface area contributed by atoms with Crippen LogP contribution in [0.4, 0.5) is 52.7 Å². The summed E-state index contributed by atoms with van der Waals surface area (Å²) in [5.74, 6) is 0. The number of alkyl halides is 3. The Morgan fingerprint density at radius 1 is 0.650 bits per heavy atom. The van der Waals surface area contributed by atoms with Crippen LogP contribution in [0.15, 0.2) is 36.9 Å². The summed E-state index contributed by atoms with van der Waals surface area (Å²) in [4.78, 5) is 0. The molecule has 0 aromatic rings. The summed E-state index contributed by atoms with van der Waals surface area (Å²) in [5, 5.41) is 0. The molecule has 20 heavy (non-hydrogen) atoms. The molecule has 0 aromatic carbocycles. The molecule has 0 unspecified atom stereocenters. The Hall–Kier alpha value is -1.82. The highest BCUT2D eigenvalue weighted by atomic mass is 19.4. The quantitative estimate of drug-likeness (QED) is 0.427. The summed E-state index contributed by atoms with van der Waals surface area (Å²) in [6.07, 6.45) is -16.2. The number of hydrogen-bond donors (Lipinski definition) is 0. The molecule has 0 aliphatic carbocycles. The molecule has 1 nitrogen and oxygen atoms in total. The van der Waals surface area contributed by atoms with Gasteiger partial charge in [-0.05, 0) is 6.58 Å². The zero-order valence-electron chi connectivity index (χ0n) is 8.65. The first-order valence-electron chi connectivity index (χ1n) is 3.53. The first-order valence-corrected chi connectivity index (χ1v) is 3.53. The zero-order valence-corrected chi connectivity index (χ0v) is 8.65. The van der Waals surface area contributed by atoms with Crippen LogP contribution in [0.25, 0.3) is 0 Å². The van der Waals surface area contributed by atoms with E-state index < -0.39 is 36.7 Å². The van der Waals surface area contributed by atoms with Gasteiger partial charge in [-0.3, -0.25) is 0 Å². The average Bonchev–Trinajstić information content (AvgIpc) is 2.14. The molecule has 0 radical (unpaired) electrons. The summed E-state index contributed by atoms with van der Waals surface area (Å²) in [6, 6.07) is -2.92. The van der Waals surface area contributed by atoms with Gasteiger partial charge in [0.1, 0.15) is 0 Å². The molecular weight excluding hydrogens is 328 g/mol. The lowest BCUT2D eigenvalue weighted by Crippen LogP contribution is -2.11. The predicted octanol–water partition coefficient (Wildman–Crippen LogP) is 5.95. The van der Waals surface area contributed by atoms with Crippen molar-refractivity contribution < 1.29 is 57.4 Å². The van der Waals surface area contributed by atoms with E-state index in [9.17, 15) is 52.7 Å². The van der Waals surface area contributed by atoms with Crippen LogP contribution < -0.4 is 0 Å². The number of rotatable bonds is 1. The summed E-state index contributed by atoms with van der Waals surface area (Å²) in [6.45, 7) is 2.22. The molecule has 0 saturated carbocycles. The number of halogens is 12. The van der Waals surface area contributed by atoms with Crippen molar-refractivity contribution in [3.05, 3.63) is 36.9 Å². The molecular formula is C7H2F12O. The molecule has 0 rings (SSSR count). The molecule has 0 atom stereocenters. The standard InChI is InChI=1S/C3F6O.C2F4.C2H2F2/c4-1(5)2(6)10-3(7,8)9;3-1(4)2(5)6;1-2(3)4/h;;1H2. The molecule has 0 aliphatic rings. The molecule has 0 amide bonds. The highest BCUT2D eigenvalue weighted by molar-refractivity contribution is 4.80. The van der Waals surface area contributed by atoms with Gasteiger partial charge in [0.2, 0.25) is 0 Å². The first-order chi connectivity index (χ1) is 8.70. The average molecular weight is 330 g/mol. The van der Waals surface area contributed by atoms with Gasteiger partial charge in [0.25, 0.3) is 6.08 Å². The summed E-state index contributed by atoms with van der Waals surface area (Å²) < 4.78 is 129. The van der Waals surface area contributed by atoms with E-state index in [1.165, 1.54) is 0 Å². The van der Waals surface area contributed by atoms with E-state index in [0.717, 1.165) is 0 Å². The molecule has 120 valence electrons. The van der Waals surface area contributed by atoms with Crippen LogP contribution in [-0.4, -0.2) is 6.36 Å². The first kappa shape index (κ1) is 23.3. The van der Waals surface area contributed by atoms with Gasteiger partial charge in [-0.25, -0.2) is 0 Å². The van der Waals surface area contributed by atoms with Crippen LogP contribution in [0.3, 0.4) is 0 Å². The van der Waals surface area contributed by atoms with Gasteiger partial charge < -0.3 is 4.74 Å². The van der Waals surface area contributed by atoms with Crippen LogP contribution in [0.5, 0.6) is 0 Å². The van der Waals surface area contributed by atoms with Crippen molar-refractivity contribution in [3.63, 3.8) is 0 Å². The van der Waals surface area contributed by atoms with Gasteiger partial charge in [-0.2, -0.15) is 39.5 Å². The molecule has 0 bridgehead atoms.